The Morgan fingerprint density at radius 1 is 0.875 bits per heavy atom. The Labute approximate surface area is 483 Å². The summed E-state index contributed by atoms with van der Waals surface area (Å²) < 4.78 is 37.2. The molecule has 0 aliphatic carbocycles. The Bertz CT molecular complexity index is 2910. The number of aromatic nitrogens is 5. The van der Waals surface area contributed by atoms with Gasteiger partial charge in [0, 0.05) is 103 Å². The van der Waals surface area contributed by atoms with Crippen molar-refractivity contribution in [3.05, 3.63) is 111 Å². The first-order chi connectivity index (χ1) is 38.6. The van der Waals surface area contributed by atoms with Gasteiger partial charge >= 0.3 is 5.97 Å². The summed E-state index contributed by atoms with van der Waals surface area (Å²) in [5.41, 5.74) is 8.96. The largest absolute Gasteiger partial charge is 0.438 e. The van der Waals surface area contributed by atoms with Gasteiger partial charge in [0.1, 0.15) is 35.7 Å². The normalized spacial score (nSPS) is 14.2. The number of benzene rings is 2. The second kappa shape index (κ2) is 33.9. The number of carbonyl (C=O) groups excluding carboxylic acids is 4. The van der Waals surface area contributed by atoms with Crippen LogP contribution in [0.3, 0.4) is 0 Å². The van der Waals surface area contributed by atoms with Gasteiger partial charge in [0.2, 0.25) is 0 Å². The van der Waals surface area contributed by atoms with E-state index in [2.05, 4.69) is 74.4 Å². The quantitative estimate of drug-likeness (QED) is 0.0190. The molecule has 0 amide bonds. The smallest absolute Gasteiger partial charge is 0.312 e. The highest BCUT2D eigenvalue weighted by molar-refractivity contribution is 7.97. The number of likely N-dealkylation sites (N-methyl/N-ethyl adjacent to an activating group) is 1. The molecule has 434 valence electrons. The van der Waals surface area contributed by atoms with Crippen LogP contribution in [-0.4, -0.2) is 160 Å². The van der Waals surface area contributed by atoms with Crippen LogP contribution in [0.4, 0.5) is 5.69 Å². The van der Waals surface area contributed by atoms with Crippen LogP contribution in [0.1, 0.15) is 91.3 Å². The van der Waals surface area contributed by atoms with Gasteiger partial charge in [-0.1, -0.05) is 50.6 Å². The van der Waals surface area contributed by atoms with Crippen molar-refractivity contribution in [1.29, 1.82) is 0 Å². The number of nitrogens with one attached hydrogen (secondary N) is 2. The van der Waals surface area contributed by atoms with Gasteiger partial charge in [-0.2, -0.15) is 5.10 Å². The molecule has 1 fully saturated rings. The SMILES string of the molecule is CC(C)(C)C=O.CNCCOCCOCCOCCC=O.CNc1ccc(-c2ccn3ncc(CC(=O)OCOC)c3c2)c(SN2CCC(OC)CC2)c1.Cc1sc2c(c1C)C(c1ccc(Cl)cc1)=N[C@@H](CC=O)c1nnc(C)n1-2. The predicted molar refractivity (Wildman–Crippen MR) is 316 cm³/mol. The minimum Gasteiger partial charge on any atom is -0.438 e. The minimum absolute atomic E-state index is 0.0523. The molecule has 2 aromatic carbocycles. The highest BCUT2D eigenvalue weighted by atomic mass is 35.5. The summed E-state index contributed by atoms with van der Waals surface area (Å²) >= 11 is 9.55. The number of ether oxygens (including phenoxy) is 6. The molecule has 2 aliphatic heterocycles. The first-order valence-corrected chi connectivity index (χ1v) is 28.5. The first-order valence-electron chi connectivity index (χ1n) is 26.6. The number of hydrogen-bond donors (Lipinski definition) is 2. The molecule has 6 aromatic rings. The molecule has 1 atom stereocenters. The predicted octanol–water partition coefficient (Wildman–Crippen LogP) is 9.32. The average Bonchev–Trinajstić information content (AvgIpc) is 4.33. The third-order valence-electron chi connectivity index (χ3n) is 12.5. The summed E-state index contributed by atoms with van der Waals surface area (Å²) in [6.07, 6.45) is 9.60. The standard InChI is InChI=1S/C24H30N4O4S.C19H17ClN4OS.C10H21NO4.C5H10O/c1-25-19-4-5-21(23(14-19)33-27-9-7-20(31-3)8-10-27)17-6-11-28-22(12-17)18(15-26-28)13-24(29)32-16-30-2;1-10-11(2)26-19-16(10)17(13-4-6-14(20)7-5-13)21-15(8-9-25)18-23-22-12(3)24(18)19;1-11-3-6-14-8-10-15-9-7-13-5-2-4-12;1-5(2,3)4-6/h4-6,11-12,14-15,20,25H,7-10,13,16H2,1-3H3;4-7,9,15H,8H2,1-3H3;4,11H,2-3,5-10H2,1H3;4H,1-3H3/t;15-;;/m.0../s1. The average molecular weight is 1160 g/mol. The van der Waals surface area contributed by atoms with Crippen molar-refractivity contribution in [2.75, 3.05) is 99.7 Å². The maximum Gasteiger partial charge on any atom is 0.312 e. The molecule has 8 rings (SSSR count). The fourth-order valence-electron chi connectivity index (χ4n) is 8.05. The summed E-state index contributed by atoms with van der Waals surface area (Å²) in [5.74, 6) is 1.17. The van der Waals surface area contributed by atoms with Gasteiger partial charge in [0.25, 0.3) is 0 Å². The number of methoxy groups -OCH3 is 2. The molecule has 2 N–H and O–H groups in total. The van der Waals surface area contributed by atoms with E-state index in [1.165, 1.54) is 22.4 Å². The molecule has 22 heteroatoms. The zero-order chi connectivity index (χ0) is 58.0. The lowest BCUT2D eigenvalue weighted by Crippen LogP contribution is -2.32. The molecular formula is C58H78ClN9O10S2. The molecule has 0 unspecified atom stereocenters. The number of esters is 1. The molecule has 0 saturated carbocycles. The van der Waals surface area contributed by atoms with Crippen LogP contribution in [0.25, 0.3) is 21.6 Å². The van der Waals surface area contributed by atoms with Crippen LogP contribution < -0.4 is 10.6 Å². The van der Waals surface area contributed by atoms with E-state index in [4.69, 9.17) is 45.0 Å². The topological polar surface area (TPSA) is 211 Å². The number of carbonyl (C=O) groups is 4. The summed E-state index contributed by atoms with van der Waals surface area (Å²) in [6, 6.07) is 17.8. The van der Waals surface area contributed by atoms with Gasteiger partial charge in [0.15, 0.2) is 12.6 Å². The molecule has 0 radical (unpaired) electrons. The Morgan fingerprint density at radius 2 is 1.56 bits per heavy atom. The van der Waals surface area contributed by atoms with Crippen LogP contribution in [0.15, 0.2) is 76.9 Å². The van der Waals surface area contributed by atoms with Gasteiger partial charge in [-0.25, -0.2) is 8.82 Å². The molecule has 6 heterocycles. The lowest BCUT2D eigenvalue weighted by Gasteiger charge is -2.30. The van der Waals surface area contributed by atoms with Crippen molar-refractivity contribution in [3.8, 4) is 16.1 Å². The van der Waals surface area contributed by atoms with E-state index >= 15 is 0 Å². The van der Waals surface area contributed by atoms with Gasteiger partial charge in [-0.15, -0.1) is 21.5 Å². The Balaban J connectivity index is 0.000000222. The van der Waals surface area contributed by atoms with Crippen LogP contribution >= 0.6 is 34.9 Å². The van der Waals surface area contributed by atoms with E-state index in [0.717, 1.165) is 107 Å². The highest BCUT2D eigenvalue weighted by Gasteiger charge is 2.31. The van der Waals surface area contributed by atoms with Crippen molar-refractivity contribution in [3.63, 3.8) is 0 Å². The number of piperidine rings is 1. The van der Waals surface area contributed by atoms with E-state index < -0.39 is 0 Å². The summed E-state index contributed by atoms with van der Waals surface area (Å²) in [5, 5.41) is 20.9. The fourth-order valence-corrected chi connectivity index (χ4v) is 10.5. The number of thiophene rings is 1. The van der Waals surface area contributed by atoms with E-state index in [0.29, 0.717) is 63.0 Å². The molecule has 0 bridgehead atoms. The highest BCUT2D eigenvalue weighted by Crippen LogP contribution is 2.40. The van der Waals surface area contributed by atoms with E-state index in [9.17, 15) is 19.2 Å². The van der Waals surface area contributed by atoms with E-state index in [-0.39, 0.29) is 37.1 Å². The van der Waals surface area contributed by atoms with Gasteiger partial charge in [-0.3, -0.25) is 14.4 Å². The summed E-state index contributed by atoms with van der Waals surface area (Å²) in [6.45, 7) is 18.0. The second-order valence-electron chi connectivity index (χ2n) is 19.6. The minimum atomic E-state index is -0.362. The third kappa shape index (κ3) is 19.8. The zero-order valence-corrected chi connectivity index (χ0v) is 50.1. The van der Waals surface area contributed by atoms with Crippen LogP contribution in [-0.2, 0) is 54.0 Å². The zero-order valence-electron chi connectivity index (χ0n) is 47.8. The number of aliphatic imine (C=N–C) groups is 1. The number of nitrogens with zero attached hydrogens (tertiary/aromatic N) is 7. The van der Waals surface area contributed by atoms with E-state index in [1.807, 2.05) is 76.8 Å². The first kappa shape index (κ1) is 65.1. The number of halogens is 1. The number of pyridine rings is 1. The molecule has 4 aromatic heterocycles. The van der Waals surface area contributed by atoms with E-state index in [1.54, 1.807) is 41.1 Å². The van der Waals surface area contributed by atoms with Crippen molar-refractivity contribution in [2.45, 2.75) is 90.7 Å². The lowest BCUT2D eigenvalue weighted by atomic mass is 10.00. The van der Waals surface area contributed by atoms with Gasteiger partial charge in [0.05, 0.1) is 69.6 Å². The fraction of sp³-hybridized carbons (Fsp3) is 0.483. The third-order valence-corrected chi connectivity index (χ3v) is 15.1. The Kier molecular flexibility index (Phi) is 27.6. The van der Waals surface area contributed by atoms with Crippen molar-refractivity contribution < 1.29 is 47.6 Å². The van der Waals surface area contributed by atoms with Crippen LogP contribution in [0.5, 0.6) is 0 Å². The monoisotopic (exact) mass is 1160 g/mol. The van der Waals surface area contributed by atoms with Crippen molar-refractivity contribution >= 4 is 76.6 Å². The Morgan fingerprint density at radius 3 is 2.19 bits per heavy atom. The molecule has 80 heavy (non-hydrogen) atoms. The molecule has 2 aliphatic rings. The number of aryl methyl sites for hydroxylation is 2. The van der Waals surface area contributed by atoms with Crippen LogP contribution in [0, 0.1) is 26.2 Å². The van der Waals surface area contributed by atoms with Crippen LogP contribution in [0.2, 0.25) is 5.02 Å². The maximum absolute atomic E-state index is 12.1. The van der Waals surface area contributed by atoms with Gasteiger partial charge < -0.3 is 53.4 Å². The molecule has 19 nitrogen and oxygen atoms in total. The summed E-state index contributed by atoms with van der Waals surface area (Å²) in [7, 11) is 7.10. The second-order valence-corrected chi connectivity index (χ2v) is 22.4. The lowest BCUT2D eigenvalue weighted by molar-refractivity contribution is -0.153. The summed E-state index contributed by atoms with van der Waals surface area (Å²) in [4.78, 5) is 50.5. The van der Waals surface area contributed by atoms with Gasteiger partial charge in [-0.05, 0) is 106 Å². The van der Waals surface area contributed by atoms with Crippen molar-refractivity contribution in [1.82, 2.24) is 34.0 Å². The number of hydrogen-bond acceptors (Lipinski definition) is 19. The molecular weight excluding hydrogens is 1080 g/mol. The molecule has 0 spiro atoms. The van der Waals surface area contributed by atoms with Crippen molar-refractivity contribution in [2.24, 2.45) is 10.4 Å². The number of rotatable bonds is 24. The number of aldehydes is 3. The Hall–Kier alpha value is -5.72. The molecule has 1 saturated heterocycles. The number of anilines is 1. The number of fused-ring (bicyclic) bond motifs is 4. The maximum atomic E-state index is 12.1.